The Kier molecular flexibility index (Phi) is 4.31. The van der Waals surface area contributed by atoms with Crippen LogP contribution in [0.25, 0.3) is 0 Å². The zero-order chi connectivity index (χ0) is 13.0. The van der Waals surface area contributed by atoms with Gasteiger partial charge in [-0.25, -0.2) is 4.39 Å². The number of amides is 1. The minimum atomic E-state index is -0.244. The van der Waals surface area contributed by atoms with Crippen LogP contribution >= 0.6 is 0 Å². The van der Waals surface area contributed by atoms with E-state index in [9.17, 15) is 9.18 Å². The van der Waals surface area contributed by atoms with Gasteiger partial charge in [0.15, 0.2) is 0 Å². The average Bonchev–Trinajstić information content (AvgIpc) is 2.89. The Morgan fingerprint density at radius 3 is 2.83 bits per heavy atom. The summed E-state index contributed by atoms with van der Waals surface area (Å²) in [5.41, 5.74) is 0.865. The number of carbonyl (C=O) groups excluding carboxylic acids is 1. The maximum atomic E-state index is 13.1. The van der Waals surface area contributed by atoms with Crippen molar-refractivity contribution in [3.05, 3.63) is 35.6 Å². The van der Waals surface area contributed by atoms with Crippen LogP contribution in [-0.4, -0.2) is 30.4 Å². The number of hydrogen-bond acceptors (Lipinski definition) is 2. The molecular weight excluding hydrogens is 231 g/mol. The van der Waals surface area contributed by atoms with Gasteiger partial charge in [-0.3, -0.25) is 4.79 Å². The van der Waals surface area contributed by atoms with Crippen LogP contribution in [0.3, 0.4) is 0 Å². The van der Waals surface area contributed by atoms with E-state index < -0.39 is 0 Å². The molecule has 1 aromatic rings. The van der Waals surface area contributed by atoms with Crippen LogP contribution in [0.1, 0.15) is 31.4 Å². The van der Waals surface area contributed by atoms with Gasteiger partial charge < -0.3 is 10.2 Å². The molecule has 0 aliphatic carbocycles. The molecule has 1 aliphatic heterocycles. The van der Waals surface area contributed by atoms with E-state index in [1.165, 1.54) is 12.1 Å². The summed E-state index contributed by atoms with van der Waals surface area (Å²) >= 11 is 0. The molecule has 4 heteroatoms. The molecule has 18 heavy (non-hydrogen) atoms. The fourth-order valence-electron chi connectivity index (χ4n) is 2.21. The maximum Gasteiger partial charge on any atom is 0.236 e. The number of nitrogens with one attached hydrogen (secondary N) is 1. The molecule has 0 unspecified atom stereocenters. The van der Waals surface area contributed by atoms with E-state index in [4.69, 9.17) is 0 Å². The van der Waals surface area contributed by atoms with Crippen LogP contribution in [0.15, 0.2) is 24.3 Å². The Morgan fingerprint density at radius 1 is 1.44 bits per heavy atom. The first-order chi connectivity index (χ1) is 8.66. The Morgan fingerprint density at radius 2 is 2.17 bits per heavy atom. The van der Waals surface area contributed by atoms with Gasteiger partial charge in [0, 0.05) is 19.1 Å². The van der Waals surface area contributed by atoms with Gasteiger partial charge in [0.1, 0.15) is 5.82 Å². The third-order valence-corrected chi connectivity index (χ3v) is 3.37. The Bertz CT molecular complexity index is 416. The summed E-state index contributed by atoms with van der Waals surface area (Å²) in [6.45, 7) is 3.99. The fraction of sp³-hybridized carbons (Fsp3) is 0.500. The summed E-state index contributed by atoms with van der Waals surface area (Å²) in [4.78, 5) is 13.7. The van der Waals surface area contributed by atoms with Gasteiger partial charge in [-0.05, 0) is 37.5 Å². The predicted molar refractivity (Wildman–Crippen MR) is 68.6 cm³/mol. The molecule has 3 nitrogen and oxygen atoms in total. The van der Waals surface area contributed by atoms with E-state index in [2.05, 4.69) is 5.32 Å². The predicted octanol–water partition coefficient (Wildman–Crippen LogP) is 2.10. The summed E-state index contributed by atoms with van der Waals surface area (Å²) in [5.74, 6) is -0.109. The number of carbonyl (C=O) groups is 1. The monoisotopic (exact) mass is 250 g/mol. The van der Waals surface area contributed by atoms with Crippen LogP contribution in [-0.2, 0) is 4.79 Å². The van der Waals surface area contributed by atoms with Crippen LogP contribution in [0.4, 0.5) is 4.39 Å². The van der Waals surface area contributed by atoms with Crippen molar-refractivity contribution in [2.75, 3.05) is 19.6 Å². The highest BCUT2D eigenvalue weighted by atomic mass is 19.1. The van der Waals surface area contributed by atoms with E-state index in [-0.39, 0.29) is 17.8 Å². The Hall–Kier alpha value is -1.42. The van der Waals surface area contributed by atoms with Crippen molar-refractivity contribution in [3.63, 3.8) is 0 Å². The highest BCUT2D eigenvalue weighted by molar-refractivity contribution is 5.78. The van der Waals surface area contributed by atoms with Gasteiger partial charge in [0.25, 0.3) is 0 Å². The molecule has 0 radical (unpaired) electrons. The highest BCUT2D eigenvalue weighted by Gasteiger charge is 2.18. The van der Waals surface area contributed by atoms with Crippen LogP contribution < -0.4 is 5.32 Å². The minimum absolute atomic E-state index is 0.0211. The van der Waals surface area contributed by atoms with Gasteiger partial charge >= 0.3 is 0 Å². The summed E-state index contributed by atoms with van der Waals surface area (Å²) in [7, 11) is 0. The molecule has 1 amide bonds. The van der Waals surface area contributed by atoms with E-state index in [1.54, 1.807) is 6.07 Å². The number of halogens is 1. The molecule has 0 saturated carbocycles. The van der Waals surface area contributed by atoms with Crippen LogP contribution in [0, 0.1) is 5.82 Å². The SMILES string of the molecule is C[C@H](NCC(=O)N1CCCC1)c1cccc(F)c1. The van der Waals surface area contributed by atoms with Gasteiger partial charge in [-0.2, -0.15) is 0 Å². The van der Waals surface area contributed by atoms with Crippen LogP contribution in [0.5, 0.6) is 0 Å². The van der Waals surface area contributed by atoms with Crippen molar-refractivity contribution in [1.82, 2.24) is 10.2 Å². The van der Waals surface area contributed by atoms with Crippen molar-refractivity contribution in [2.45, 2.75) is 25.8 Å². The molecule has 98 valence electrons. The van der Waals surface area contributed by atoms with Crippen molar-refractivity contribution in [1.29, 1.82) is 0 Å². The average molecular weight is 250 g/mol. The number of rotatable bonds is 4. The number of nitrogens with zero attached hydrogens (tertiary/aromatic N) is 1. The van der Waals surface area contributed by atoms with Crippen LogP contribution in [0.2, 0.25) is 0 Å². The lowest BCUT2D eigenvalue weighted by Crippen LogP contribution is -2.37. The van der Waals surface area contributed by atoms with E-state index >= 15 is 0 Å². The normalized spacial score (nSPS) is 16.9. The second-order valence-electron chi connectivity index (χ2n) is 4.75. The summed E-state index contributed by atoms with van der Waals surface area (Å²) in [5, 5.41) is 3.14. The molecule has 0 aromatic heterocycles. The zero-order valence-electron chi connectivity index (χ0n) is 10.7. The molecule has 2 rings (SSSR count). The van der Waals surface area contributed by atoms with E-state index in [0.717, 1.165) is 31.5 Å². The highest BCUT2D eigenvalue weighted by Crippen LogP contribution is 2.13. The van der Waals surface area contributed by atoms with Crippen molar-refractivity contribution in [2.24, 2.45) is 0 Å². The topological polar surface area (TPSA) is 32.3 Å². The summed E-state index contributed by atoms with van der Waals surface area (Å²) in [6, 6.07) is 6.45. The number of likely N-dealkylation sites (tertiary alicyclic amines) is 1. The van der Waals surface area contributed by atoms with E-state index in [0.29, 0.717) is 6.54 Å². The number of benzene rings is 1. The van der Waals surface area contributed by atoms with Gasteiger partial charge in [0.2, 0.25) is 5.91 Å². The molecule has 1 aromatic carbocycles. The van der Waals surface area contributed by atoms with E-state index in [1.807, 2.05) is 17.9 Å². The molecule has 1 aliphatic rings. The smallest absolute Gasteiger partial charge is 0.236 e. The van der Waals surface area contributed by atoms with Crippen molar-refractivity contribution in [3.8, 4) is 0 Å². The first-order valence-electron chi connectivity index (χ1n) is 6.43. The standard InChI is InChI=1S/C14H19FN2O/c1-11(12-5-4-6-13(15)9-12)16-10-14(18)17-7-2-3-8-17/h4-6,9,11,16H,2-3,7-8,10H2,1H3/t11-/m0/s1. The summed E-state index contributed by atoms with van der Waals surface area (Å²) < 4.78 is 13.1. The quantitative estimate of drug-likeness (QED) is 0.887. The third kappa shape index (κ3) is 3.29. The lowest BCUT2D eigenvalue weighted by atomic mass is 10.1. The fourth-order valence-corrected chi connectivity index (χ4v) is 2.21. The lowest BCUT2D eigenvalue weighted by molar-refractivity contribution is -0.129. The lowest BCUT2D eigenvalue weighted by Gasteiger charge is -2.18. The van der Waals surface area contributed by atoms with Crippen molar-refractivity contribution < 1.29 is 9.18 Å². The summed E-state index contributed by atoms with van der Waals surface area (Å²) in [6.07, 6.45) is 2.20. The molecule has 0 bridgehead atoms. The Labute approximate surface area is 107 Å². The maximum absolute atomic E-state index is 13.1. The molecule has 1 atom stereocenters. The molecule has 1 heterocycles. The zero-order valence-corrected chi connectivity index (χ0v) is 10.7. The van der Waals surface area contributed by atoms with Gasteiger partial charge in [-0.15, -0.1) is 0 Å². The molecule has 1 N–H and O–H groups in total. The van der Waals surface area contributed by atoms with Crippen molar-refractivity contribution >= 4 is 5.91 Å². The first kappa shape index (κ1) is 13.0. The second-order valence-corrected chi connectivity index (χ2v) is 4.75. The second kappa shape index (κ2) is 5.96. The van der Waals surface area contributed by atoms with Gasteiger partial charge in [-0.1, -0.05) is 12.1 Å². The minimum Gasteiger partial charge on any atom is -0.342 e. The third-order valence-electron chi connectivity index (χ3n) is 3.37. The first-order valence-corrected chi connectivity index (χ1v) is 6.43. The molecular formula is C14H19FN2O. The largest absolute Gasteiger partial charge is 0.342 e. The number of hydrogen-bond donors (Lipinski definition) is 1. The molecule has 1 saturated heterocycles. The Balaban J connectivity index is 1.84. The molecule has 1 fully saturated rings. The van der Waals surface area contributed by atoms with Gasteiger partial charge in [0.05, 0.1) is 6.54 Å². The molecule has 0 spiro atoms.